The molecule has 8 nitrogen and oxygen atoms in total. The molecule has 1 fully saturated rings. The monoisotopic (exact) mass is 358 g/mol. The van der Waals surface area contributed by atoms with Crippen molar-refractivity contribution in [2.24, 2.45) is 4.99 Å². The van der Waals surface area contributed by atoms with Gasteiger partial charge in [0.1, 0.15) is 12.3 Å². The highest BCUT2D eigenvalue weighted by atomic mass is 16.5. The number of guanidine groups is 1. The van der Waals surface area contributed by atoms with Crippen LogP contribution in [0.25, 0.3) is 0 Å². The minimum Gasteiger partial charge on any atom is -0.497 e. The molecule has 0 radical (unpaired) electrons. The van der Waals surface area contributed by atoms with Crippen molar-refractivity contribution in [1.29, 1.82) is 0 Å². The maximum Gasteiger partial charge on any atom is 0.248 e. The van der Waals surface area contributed by atoms with Gasteiger partial charge in [0, 0.05) is 44.5 Å². The lowest BCUT2D eigenvalue weighted by Crippen LogP contribution is -2.52. The van der Waals surface area contributed by atoms with Crippen LogP contribution < -0.4 is 15.0 Å². The number of rotatable bonds is 5. The Morgan fingerprint density at radius 2 is 2.12 bits per heavy atom. The number of aliphatic imine (C=N–C) groups is 1. The van der Waals surface area contributed by atoms with Gasteiger partial charge >= 0.3 is 0 Å². The predicted molar refractivity (Wildman–Crippen MR) is 101 cm³/mol. The van der Waals surface area contributed by atoms with Crippen LogP contribution in [0.3, 0.4) is 0 Å². The van der Waals surface area contributed by atoms with Crippen molar-refractivity contribution in [3.63, 3.8) is 0 Å². The lowest BCUT2D eigenvalue weighted by molar-refractivity contribution is 0.363. The number of piperazine rings is 1. The lowest BCUT2D eigenvalue weighted by Gasteiger charge is -2.37. The third-order valence-electron chi connectivity index (χ3n) is 4.27. The van der Waals surface area contributed by atoms with Crippen LogP contribution in [0, 0.1) is 6.92 Å². The summed E-state index contributed by atoms with van der Waals surface area (Å²) in [5.41, 5.74) is 1.19. The van der Waals surface area contributed by atoms with Gasteiger partial charge in [-0.25, -0.2) is 4.99 Å². The number of aryl methyl sites for hydroxylation is 1. The first-order chi connectivity index (χ1) is 12.7. The molecule has 1 N–H and O–H groups in total. The molecule has 0 bridgehead atoms. The molecule has 140 valence electrons. The fraction of sp³-hybridized carbons (Fsp3) is 0.500. The molecule has 0 aliphatic carbocycles. The third-order valence-corrected chi connectivity index (χ3v) is 4.27. The summed E-state index contributed by atoms with van der Waals surface area (Å²) in [5, 5.41) is 7.15. The van der Waals surface area contributed by atoms with Crippen molar-refractivity contribution in [3.05, 3.63) is 36.0 Å². The number of methoxy groups -OCH3 is 1. The summed E-state index contributed by atoms with van der Waals surface area (Å²) >= 11 is 0. The van der Waals surface area contributed by atoms with Gasteiger partial charge in [0.05, 0.1) is 7.11 Å². The molecule has 2 aromatic rings. The molecule has 1 aromatic carbocycles. The summed E-state index contributed by atoms with van der Waals surface area (Å²) in [6, 6.07) is 8.19. The number of nitrogens with one attached hydrogen (secondary N) is 1. The Balaban J connectivity index is 1.62. The van der Waals surface area contributed by atoms with Crippen LogP contribution in [0.5, 0.6) is 5.75 Å². The molecule has 1 aliphatic rings. The minimum atomic E-state index is 0.388. The van der Waals surface area contributed by atoms with Gasteiger partial charge in [0.2, 0.25) is 5.89 Å². The molecule has 0 amide bonds. The molecule has 0 atom stereocenters. The molecule has 1 saturated heterocycles. The summed E-state index contributed by atoms with van der Waals surface area (Å²) < 4.78 is 10.5. The SMILES string of the molecule is CCNC(=NCc1nc(C)no1)N1CCN(c2cccc(OC)c2)CC1. The Hall–Kier alpha value is -2.77. The highest BCUT2D eigenvalue weighted by Gasteiger charge is 2.20. The molecule has 1 aromatic heterocycles. The van der Waals surface area contributed by atoms with Crippen molar-refractivity contribution in [3.8, 4) is 5.75 Å². The van der Waals surface area contributed by atoms with Gasteiger partial charge in [-0.2, -0.15) is 4.98 Å². The van der Waals surface area contributed by atoms with E-state index in [0.717, 1.165) is 44.4 Å². The number of anilines is 1. The van der Waals surface area contributed by atoms with Gasteiger partial charge < -0.3 is 24.4 Å². The second-order valence-corrected chi connectivity index (χ2v) is 6.08. The summed E-state index contributed by atoms with van der Waals surface area (Å²) in [6.45, 7) is 8.72. The lowest BCUT2D eigenvalue weighted by atomic mass is 10.2. The average Bonchev–Trinajstić information content (AvgIpc) is 3.10. The van der Waals surface area contributed by atoms with E-state index >= 15 is 0 Å². The number of hydrogen-bond acceptors (Lipinski definition) is 6. The van der Waals surface area contributed by atoms with E-state index in [1.165, 1.54) is 5.69 Å². The summed E-state index contributed by atoms with van der Waals surface area (Å²) in [7, 11) is 1.70. The number of nitrogens with zero attached hydrogens (tertiary/aromatic N) is 5. The van der Waals surface area contributed by atoms with E-state index in [2.05, 4.69) is 49.3 Å². The first-order valence-electron chi connectivity index (χ1n) is 8.91. The largest absolute Gasteiger partial charge is 0.497 e. The van der Waals surface area contributed by atoms with Crippen LogP contribution >= 0.6 is 0 Å². The zero-order valence-corrected chi connectivity index (χ0v) is 15.6. The van der Waals surface area contributed by atoms with Crippen molar-refractivity contribution in [2.45, 2.75) is 20.4 Å². The molecule has 0 unspecified atom stereocenters. The van der Waals surface area contributed by atoms with Crippen LogP contribution in [-0.4, -0.2) is 60.8 Å². The standard InChI is InChI=1S/C18H26N6O2/c1-4-19-18(20-13-17-21-14(2)22-26-17)24-10-8-23(9-11-24)15-6-5-7-16(12-15)25-3/h5-7,12H,4,8-11,13H2,1-3H3,(H,19,20). The quantitative estimate of drug-likeness (QED) is 0.643. The normalized spacial score (nSPS) is 15.3. The van der Waals surface area contributed by atoms with Gasteiger partial charge in [0.15, 0.2) is 11.8 Å². The minimum absolute atomic E-state index is 0.388. The van der Waals surface area contributed by atoms with Crippen molar-refractivity contribution >= 4 is 11.6 Å². The molecule has 0 saturated carbocycles. The number of hydrogen-bond donors (Lipinski definition) is 1. The van der Waals surface area contributed by atoms with E-state index in [9.17, 15) is 0 Å². The third kappa shape index (κ3) is 4.44. The zero-order valence-electron chi connectivity index (χ0n) is 15.6. The molecule has 3 rings (SSSR count). The second kappa shape index (κ2) is 8.55. The highest BCUT2D eigenvalue weighted by molar-refractivity contribution is 5.80. The summed E-state index contributed by atoms with van der Waals surface area (Å²) in [6.07, 6.45) is 0. The van der Waals surface area contributed by atoms with E-state index in [1.807, 2.05) is 12.1 Å². The van der Waals surface area contributed by atoms with E-state index in [1.54, 1.807) is 14.0 Å². The van der Waals surface area contributed by atoms with Crippen molar-refractivity contribution < 1.29 is 9.26 Å². The summed E-state index contributed by atoms with van der Waals surface area (Å²) in [5.74, 6) is 2.93. The molecule has 0 spiro atoms. The maximum atomic E-state index is 5.33. The second-order valence-electron chi connectivity index (χ2n) is 6.08. The van der Waals surface area contributed by atoms with Crippen molar-refractivity contribution in [1.82, 2.24) is 20.4 Å². The van der Waals surface area contributed by atoms with Crippen LogP contribution in [0.15, 0.2) is 33.8 Å². The first kappa shape index (κ1) is 18.0. The molecule has 1 aliphatic heterocycles. The Morgan fingerprint density at radius 1 is 1.31 bits per heavy atom. The Labute approximate surface area is 153 Å². The zero-order chi connectivity index (χ0) is 18.4. The maximum absolute atomic E-state index is 5.33. The van der Waals surface area contributed by atoms with Gasteiger partial charge in [-0.15, -0.1) is 0 Å². The number of ether oxygens (including phenoxy) is 1. The van der Waals surface area contributed by atoms with E-state index in [-0.39, 0.29) is 0 Å². The van der Waals surface area contributed by atoms with Gasteiger partial charge in [-0.05, 0) is 26.0 Å². The van der Waals surface area contributed by atoms with Crippen molar-refractivity contribution in [2.75, 3.05) is 44.7 Å². The smallest absolute Gasteiger partial charge is 0.248 e. The molecular weight excluding hydrogens is 332 g/mol. The predicted octanol–water partition coefficient (Wildman–Crippen LogP) is 1.67. The van der Waals surface area contributed by atoms with Crippen LogP contribution in [-0.2, 0) is 6.54 Å². The summed E-state index contributed by atoms with van der Waals surface area (Å²) in [4.78, 5) is 13.5. The molecule has 8 heteroatoms. The molecule has 2 heterocycles. The Kier molecular flexibility index (Phi) is 5.93. The van der Waals surface area contributed by atoms with Gasteiger partial charge in [0.25, 0.3) is 0 Å². The van der Waals surface area contributed by atoms with E-state index in [4.69, 9.17) is 9.26 Å². The van der Waals surface area contributed by atoms with Crippen LogP contribution in [0.1, 0.15) is 18.6 Å². The fourth-order valence-corrected chi connectivity index (χ4v) is 2.96. The van der Waals surface area contributed by atoms with Crippen LogP contribution in [0.2, 0.25) is 0 Å². The number of benzene rings is 1. The van der Waals surface area contributed by atoms with E-state index < -0.39 is 0 Å². The highest BCUT2D eigenvalue weighted by Crippen LogP contribution is 2.22. The van der Waals surface area contributed by atoms with Crippen LogP contribution in [0.4, 0.5) is 5.69 Å². The first-order valence-corrected chi connectivity index (χ1v) is 8.91. The number of aromatic nitrogens is 2. The Bertz CT molecular complexity index is 737. The molecule has 26 heavy (non-hydrogen) atoms. The van der Waals surface area contributed by atoms with Gasteiger partial charge in [-0.3, -0.25) is 0 Å². The fourth-order valence-electron chi connectivity index (χ4n) is 2.96. The molecular formula is C18H26N6O2. The van der Waals surface area contributed by atoms with Gasteiger partial charge in [-0.1, -0.05) is 11.2 Å². The topological polar surface area (TPSA) is 79.0 Å². The average molecular weight is 358 g/mol. The van der Waals surface area contributed by atoms with E-state index in [0.29, 0.717) is 18.3 Å². The Morgan fingerprint density at radius 3 is 2.77 bits per heavy atom.